The van der Waals surface area contributed by atoms with Crippen LogP contribution in [0.25, 0.3) is 0 Å². The van der Waals surface area contributed by atoms with Crippen molar-refractivity contribution in [1.82, 2.24) is 0 Å². The van der Waals surface area contributed by atoms with Crippen molar-refractivity contribution in [3.05, 3.63) is 78.4 Å². The van der Waals surface area contributed by atoms with Gasteiger partial charge in [-0.25, -0.2) is 0 Å². The van der Waals surface area contributed by atoms with E-state index in [9.17, 15) is 10.2 Å². The maximum absolute atomic E-state index is 10.3. The molecule has 36 heavy (non-hydrogen) atoms. The van der Waals surface area contributed by atoms with Crippen molar-refractivity contribution in [1.29, 1.82) is 0 Å². The van der Waals surface area contributed by atoms with Crippen LogP contribution in [0.4, 0.5) is 11.4 Å². The van der Waals surface area contributed by atoms with Crippen molar-refractivity contribution >= 4 is 11.4 Å². The maximum Gasteiger partial charge on any atom is 0.186 e. The van der Waals surface area contributed by atoms with Gasteiger partial charge >= 0.3 is 0 Å². The second kappa shape index (κ2) is 14.8. The minimum Gasteiger partial charge on any atom is -0.494 e. The molecule has 0 spiro atoms. The molecule has 0 aliphatic rings. The molecule has 0 saturated heterocycles. The summed E-state index contributed by atoms with van der Waals surface area (Å²) in [5.41, 5.74) is 2.89. The highest BCUT2D eigenvalue weighted by Crippen LogP contribution is 2.18. The molecule has 3 aromatic rings. The highest BCUT2D eigenvalue weighted by atomic mass is 16.6. The van der Waals surface area contributed by atoms with Crippen molar-refractivity contribution in [2.75, 3.05) is 43.7 Å². The first-order valence-electron chi connectivity index (χ1n) is 12.2. The smallest absolute Gasteiger partial charge is 0.186 e. The van der Waals surface area contributed by atoms with Crippen molar-refractivity contribution in [2.45, 2.75) is 32.0 Å². The summed E-state index contributed by atoms with van der Waals surface area (Å²) in [4.78, 5) is 0. The molecule has 2 atom stereocenters. The Labute approximate surface area is 212 Å². The first kappa shape index (κ1) is 27.1. The maximum atomic E-state index is 10.3. The number of aliphatic hydroxyl groups excluding tert-OH is 3. The Balaban J connectivity index is 1.31. The van der Waals surface area contributed by atoms with E-state index in [0.717, 1.165) is 29.1 Å². The lowest BCUT2D eigenvalue weighted by Crippen LogP contribution is -2.26. The number of hydrogen-bond donors (Lipinski definition) is 5. The van der Waals surface area contributed by atoms with Gasteiger partial charge in [0.1, 0.15) is 30.0 Å². The summed E-state index contributed by atoms with van der Waals surface area (Å²) < 4.78 is 16.1. The Bertz CT molecular complexity index is 914. The summed E-state index contributed by atoms with van der Waals surface area (Å²) >= 11 is 0. The second-order valence-electron chi connectivity index (χ2n) is 8.32. The summed E-state index contributed by atoms with van der Waals surface area (Å²) in [5.74, 6) is 2.09. The Morgan fingerprint density at radius 2 is 1.17 bits per heavy atom. The zero-order valence-corrected chi connectivity index (χ0v) is 20.6. The van der Waals surface area contributed by atoms with Crippen LogP contribution in [0.1, 0.15) is 18.9 Å². The molecule has 8 heteroatoms. The summed E-state index contributed by atoms with van der Waals surface area (Å²) in [6.07, 6.45) is 0.243. The Kier molecular flexibility index (Phi) is 11.2. The van der Waals surface area contributed by atoms with Crippen LogP contribution < -0.4 is 24.8 Å². The average molecular weight is 497 g/mol. The number of hydrogen-bond acceptors (Lipinski definition) is 8. The summed E-state index contributed by atoms with van der Waals surface area (Å²) in [7, 11) is 0. The summed E-state index contributed by atoms with van der Waals surface area (Å²) in [6.45, 7) is 3.19. The van der Waals surface area contributed by atoms with Crippen LogP contribution in [0.3, 0.4) is 0 Å². The summed E-state index contributed by atoms with van der Waals surface area (Å²) in [6, 6.07) is 22.5. The van der Waals surface area contributed by atoms with E-state index in [1.54, 1.807) is 12.1 Å². The normalized spacial score (nSPS) is 12.4. The standard InChI is InChI=1S/C28H36N2O6/c1-2-34-26-13-6-22(7-14-26)29-17-24(32)10-3-21-4-11-27(12-5-21)35-19-25(33)18-30-23-8-15-28(16-9-23)36-20-31/h4-9,11-16,24-25,29-33H,2-3,10,17-20H2,1H3. The SMILES string of the molecule is CCOc1ccc(NCC(O)CCc2ccc(OCC(O)CNc3ccc(OCO)cc3)cc2)cc1. The van der Waals surface area contributed by atoms with Crippen molar-refractivity contribution in [3.63, 3.8) is 0 Å². The van der Waals surface area contributed by atoms with Gasteiger partial charge in [0.2, 0.25) is 0 Å². The highest BCUT2D eigenvalue weighted by Gasteiger charge is 2.08. The Morgan fingerprint density at radius 3 is 1.72 bits per heavy atom. The first-order valence-corrected chi connectivity index (χ1v) is 12.2. The van der Waals surface area contributed by atoms with E-state index < -0.39 is 12.2 Å². The molecule has 2 unspecified atom stereocenters. The molecule has 0 heterocycles. The second-order valence-corrected chi connectivity index (χ2v) is 8.32. The molecule has 0 aliphatic carbocycles. The van der Waals surface area contributed by atoms with Crippen molar-refractivity contribution in [2.24, 2.45) is 0 Å². The van der Waals surface area contributed by atoms with Gasteiger partial charge in [-0.2, -0.15) is 0 Å². The Morgan fingerprint density at radius 1 is 0.667 bits per heavy atom. The molecule has 0 radical (unpaired) electrons. The quantitative estimate of drug-likeness (QED) is 0.191. The van der Waals surface area contributed by atoms with E-state index in [1.165, 1.54) is 0 Å². The number of aliphatic hydroxyl groups is 3. The molecular formula is C28H36N2O6. The lowest BCUT2D eigenvalue weighted by molar-refractivity contribution is 0.0985. The lowest BCUT2D eigenvalue weighted by atomic mass is 10.1. The van der Waals surface area contributed by atoms with Gasteiger partial charge < -0.3 is 40.2 Å². The van der Waals surface area contributed by atoms with E-state index in [0.29, 0.717) is 37.6 Å². The van der Waals surface area contributed by atoms with E-state index in [1.807, 2.05) is 67.6 Å². The van der Waals surface area contributed by atoms with Gasteiger partial charge in [0.05, 0.1) is 12.7 Å². The van der Waals surface area contributed by atoms with Crippen molar-refractivity contribution < 1.29 is 29.5 Å². The molecular weight excluding hydrogens is 460 g/mol. The van der Waals surface area contributed by atoms with Crippen LogP contribution in [0.5, 0.6) is 17.2 Å². The molecule has 5 N–H and O–H groups in total. The van der Waals surface area contributed by atoms with Gasteiger partial charge in [-0.1, -0.05) is 12.1 Å². The van der Waals surface area contributed by atoms with Crippen LogP contribution in [-0.4, -0.2) is 60.6 Å². The molecule has 3 rings (SSSR count). The topological polar surface area (TPSA) is 112 Å². The molecule has 3 aromatic carbocycles. The molecule has 194 valence electrons. The van der Waals surface area contributed by atoms with Gasteiger partial charge in [0, 0.05) is 24.5 Å². The minimum atomic E-state index is -0.684. The van der Waals surface area contributed by atoms with Gasteiger partial charge in [0.15, 0.2) is 6.79 Å². The molecule has 0 aromatic heterocycles. The van der Waals surface area contributed by atoms with Gasteiger partial charge in [-0.05, 0) is 86.0 Å². The lowest BCUT2D eigenvalue weighted by Gasteiger charge is -2.15. The first-order chi connectivity index (χ1) is 17.6. The number of anilines is 2. The zero-order valence-electron chi connectivity index (χ0n) is 20.6. The van der Waals surface area contributed by atoms with Crippen molar-refractivity contribution in [3.8, 4) is 17.2 Å². The highest BCUT2D eigenvalue weighted by molar-refractivity contribution is 5.47. The number of nitrogens with one attached hydrogen (secondary N) is 2. The average Bonchev–Trinajstić information content (AvgIpc) is 2.91. The fraction of sp³-hybridized carbons (Fsp3) is 0.357. The molecule has 0 fully saturated rings. The third-order valence-electron chi connectivity index (χ3n) is 5.47. The van der Waals surface area contributed by atoms with E-state index in [4.69, 9.17) is 19.3 Å². The van der Waals surface area contributed by atoms with Crippen LogP contribution in [-0.2, 0) is 6.42 Å². The number of benzene rings is 3. The fourth-order valence-corrected chi connectivity index (χ4v) is 3.49. The third-order valence-corrected chi connectivity index (χ3v) is 5.47. The Hall–Kier alpha value is -3.46. The molecule has 0 bridgehead atoms. The molecule has 8 nitrogen and oxygen atoms in total. The monoisotopic (exact) mass is 496 g/mol. The van der Waals surface area contributed by atoms with Crippen LogP contribution >= 0.6 is 0 Å². The molecule has 0 aliphatic heterocycles. The predicted molar refractivity (Wildman–Crippen MR) is 141 cm³/mol. The molecule has 0 amide bonds. The van der Waals surface area contributed by atoms with E-state index in [-0.39, 0.29) is 13.4 Å². The third kappa shape index (κ3) is 9.65. The largest absolute Gasteiger partial charge is 0.494 e. The predicted octanol–water partition coefficient (Wildman–Crippen LogP) is 3.67. The van der Waals surface area contributed by atoms with Crippen LogP contribution in [0, 0.1) is 0 Å². The van der Waals surface area contributed by atoms with Crippen LogP contribution in [0.15, 0.2) is 72.8 Å². The van der Waals surface area contributed by atoms with E-state index in [2.05, 4.69) is 10.6 Å². The zero-order chi connectivity index (χ0) is 25.6. The van der Waals surface area contributed by atoms with Crippen LogP contribution in [0.2, 0.25) is 0 Å². The summed E-state index contributed by atoms with van der Waals surface area (Å²) in [5, 5.41) is 35.6. The van der Waals surface area contributed by atoms with Gasteiger partial charge in [-0.15, -0.1) is 0 Å². The van der Waals surface area contributed by atoms with Gasteiger partial charge in [0.25, 0.3) is 0 Å². The van der Waals surface area contributed by atoms with E-state index >= 15 is 0 Å². The fourth-order valence-electron chi connectivity index (χ4n) is 3.49. The molecule has 0 saturated carbocycles. The number of ether oxygens (including phenoxy) is 3. The number of rotatable bonds is 16. The number of aryl methyl sites for hydroxylation is 1. The minimum absolute atomic E-state index is 0.161. The van der Waals surface area contributed by atoms with Gasteiger partial charge in [-0.3, -0.25) is 0 Å².